The number of hydrogen-bond donors (Lipinski definition) is 0. The van der Waals surface area contributed by atoms with Crippen molar-refractivity contribution in [3.8, 4) is 5.75 Å². The van der Waals surface area contributed by atoms with Gasteiger partial charge in [0.1, 0.15) is 17.4 Å². The first-order chi connectivity index (χ1) is 13.6. The minimum atomic E-state index is 0.0908. The number of rotatable bonds is 7. The van der Waals surface area contributed by atoms with Gasteiger partial charge in [-0.05, 0) is 56.5 Å². The molecule has 0 unspecified atom stereocenters. The fraction of sp³-hybridized carbons (Fsp3) is 0.304. The zero-order chi connectivity index (χ0) is 19.5. The minimum absolute atomic E-state index is 0.0908. The highest BCUT2D eigenvalue weighted by atomic mass is 32.1. The van der Waals surface area contributed by atoms with Crippen molar-refractivity contribution >= 4 is 17.2 Å². The Hall–Kier alpha value is -2.66. The third-order valence-corrected chi connectivity index (χ3v) is 5.70. The number of amides is 1. The van der Waals surface area contributed by atoms with E-state index in [1.807, 2.05) is 72.7 Å². The van der Waals surface area contributed by atoms with Crippen LogP contribution in [-0.4, -0.2) is 21.8 Å². The molecule has 1 aliphatic carbocycles. The molecule has 28 heavy (non-hydrogen) atoms. The molecule has 4 rings (SSSR count). The van der Waals surface area contributed by atoms with Crippen molar-refractivity contribution in [3.05, 3.63) is 81.3 Å². The first-order valence-electron chi connectivity index (χ1n) is 9.59. The topological polar surface area (TPSA) is 42.4 Å². The van der Waals surface area contributed by atoms with E-state index >= 15 is 0 Å². The van der Waals surface area contributed by atoms with Gasteiger partial charge in [-0.3, -0.25) is 4.79 Å². The summed E-state index contributed by atoms with van der Waals surface area (Å²) in [5, 5.41) is 2.96. The second kappa shape index (κ2) is 8.15. The molecule has 0 N–H and O–H groups in total. The first-order valence-corrected chi connectivity index (χ1v) is 10.5. The fourth-order valence-electron chi connectivity index (χ4n) is 3.13. The van der Waals surface area contributed by atoms with Crippen LogP contribution >= 0.6 is 11.3 Å². The van der Waals surface area contributed by atoms with Gasteiger partial charge in [0.05, 0.1) is 12.2 Å². The number of carbonyl (C=O) groups excluding carboxylic acids is 1. The quantitative estimate of drug-likeness (QED) is 0.559. The zero-order valence-electron chi connectivity index (χ0n) is 16.2. The van der Waals surface area contributed by atoms with Gasteiger partial charge < -0.3 is 9.64 Å². The highest BCUT2D eigenvalue weighted by Gasteiger charge is 2.33. The van der Waals surface area contributed by atoms with E-state index in [9.17, 15) is 4.79 Å². The lowest BCUT2D eigenvalue weighted by Gasteiger charge is -2.21. The number of nitrogens with zero attached hydrogens (tertiary/aromatic N) is 2. The summed E-state index contributed by atoms with van der Waals surface area (Å²) in [6, 6.07) is 16.1. The van der Waals surface area contributed by atoms with Crippen molar-refractivity contribution in [1.29, 1.82) is 0 Å². The average molecular weight is 393 g/mol. The Kier molecular flexibility index (Phi) is 5.44. The normalized spacial score (nSPS) is 13.4. The Morgan fingerprint density at radius 2 is 1.93 bits per heavy atom. The largest absolute Gasteiger partial charge is 0.486 e. The Bertz CT molecular complexity index is 961. The lowest BCUT2D eigenvalue weighted by Crippen LogP contribution is -2.32. The molecule has 0 radical (unpaired) electrons. The summed E-state index contributed by atoms with van der Waals surface area (Å²) in [5.41, 5.74) is 4.01. The maximum Gasteiger partial charge on any atom is 0.254 e. The van der Waals surface area contributed by atoms with Crippen LogP contribution in [0.2, 0.25) is 0 Å². The van der Waals surface area contributed by atoms with E-state index in [0.29, 0.717) is 19.2 Å². The number of benzene rings is 2. The number of hydrogen-bond acceptors (Lipinski definition) is 4. The Morgan fingerprint density at radius 1 is 1.14 bits per heavy atom. The van der Waals surface area contributed by atoms with Crippen LogP contribution in [0.5, 0.6) is 5.75 Å². The third-order valence-electron chi connectivity index (χ3n) is 4.83. The molecule has 2 aromatic carbocycles. The van der Waals surface area contributed by atoms with Crippen molar-refractivity contribution in [2.45, 2.75) is 45.9 Å². The van der Waals surface area contributed by atoms with Gasteiger partial charge in [0.25, 0.3) is 5.91 Å². The Labute approximate surface area is 169 Å². The molecule has 0 aliphatic heterocycles. The molecule has 1 amide bonds. The third kappa shape index (κ3) is 4.60. The van der Waals surface area contributed by atoms with Gasteiger partial charge in [0.2, 0.25) is 0 Å². The standard InChI is InChI=1S/C23H24N2O2S/c1-16-6-8-18(9-7-16)23(26)25(20-10-11-20)13-19-15-28-22(24-19)14-27-21-5-3-4-17(2)12-21/h3-9,12,15,20H,10-11,13-14H2,1-2H3. The van der Waals surface area contributed by atoms with E-state index in [1.165, 1.54) is 5.56 Å². The second-order valence-corrected chi connectivity index (χ2v) is 8.31. The molecule has 1 aliphatic rings. The smallest absolute Gasteiger partial charge is 0.254 e. The van der Waals surface area contributed by atoms with Gasteiger partial charge in [-0.15, -0.1) is 11.3 Å². The average Bonchev–Trinajstić information content (AvgIpc) is 3.43. The molecule has 144 valence electrons. The molecule has 0 saturated heterocycles. The number of aromatic nitrogens is 1. The molecule has 0 atom stereocenters. The van der Waals surface area contributed by atoms with Crippen molar-refractivity contribution < 1.29 is 9.53 Å². The SMILES string of the molecule is Cc1ccc(C(=O)N(Cc2csc(COc3cccc(C)c3)n2)C2CC2)cc1. The van der Waals surface area contributed by atoms with Crippen LogP contribution < -0.4 is 4.74 Å². The molecule has 1 heterocycles. The van der Waals surface area contributed by atoms with E-state index in [0.717, 1.165) is 40.4 Å². The van der Waals surface area contributed by atoms with Crippen LogP contribution in [0.4, 0.5) is 0 Å². The summed E-state index contributed by atoms with van der Waals surface area (Å²) < 4.78 is 5.85. The van der Waals surface area contributed by atoms with Gasteiger partial charge in [-0.1, -0.05) is 29.8 Å². The van der Waals surface area contributed by atoms with Crippen molar-refractivity contribution in [1.82, 2.24) is 9.88 Å². The molecule has 0 bridgehead atoms. The zero-order valence-corrected chi connectivity index (χ0v) is 17.0. The van der Waals surface area contributed by atoms with Crippen LogP contribution in [0.1, 0.15) is 45.0 Å². The van der Waals surface area contributed by atoms with Crippen LogP contribution in [0.3, 0.4) is 0 Å². The maximum absolute atomic E-state index is 13.0. The predicted octanol–water partition coefficient (Wildman–Crippen LogP) is 5.14. The van der Waals surface area contributed by atoms with Gasteiger partial charge in [0.15, 0.2) is 0 Å². The molecule has 1 fully saturated rings. The van der Waals surface area contributed by atoms with E-state index < -0.39 is 0 Å². The van der Waals surface area contributed by atoms with Crippen LogP contribution in [0.25, 0.3) is 0 Å². The molecule has 5 heteroatoms. The van der Waals surface area contributed by atoms with Crippen LogP contribution in [-0.2, 0) is 13.2 Å². The molecule has 3 aromatic rings. The van der Waals surface area contributed by atoms with Crippen molar-refractivity contribution in [2.24, 2.45) is 0 Å². The first kappa shape index (κ1) is 18.7. The lowest BCUT2D eigenvalue weighted by atomic mass is 10.1. The number of carbonyl (C=O) groups is 1. The maximum atomic E-state index is 13.0. The van der Waals surface area contributed by atoms with Crippen LogP contribution in [0.15, 0.2) is 53.9 Å². The Morgan fingerprint density at radius 3 is 2.64 bits per heavy atom. The van der Waals surface area contributed by atoms with E-state index in [1.54, 1.807) is 11.3 Å². The van der Waals surface area contributed by atoms with Crippen LogP contribution in [0, 0.1) is 13.8 Å². The highest BCUT2D eigenvalue weighted by molar-refractivity contribution is 7.09. The summed E-state index contributed by atoms with van der Waals surface area (Å²) >= 11 is 1.58. The molecule has 1 saturated carbocycles. The lowest BCUT2D eigenvalue weighted by molar-refractivity contribution is 0.0728. The van der Waals surface area contributed by atoms with Gasteiger partial charge in [-0.25, -0.2) is 4.98 Å². The van der Waals surface area contributed by atoms with Crippen molar-refractivity contribution in [3.63, 3.8) is 0 Å². The number of thiazole rings is 1. The number of aryl methyl sites for hydroxylation is 2. The Balaban J connectivity index is 1.41. The highest BCUT2D eigenvalue weighted by Crippen LogP contribution is 2.30. The summed E-state index contributed by atoms with van der Waals surface area (Å²) in [5.74, 6) is 0.943. The van der Waals surface area contributed by atoms with E-state index in [2.05, 4.69) is 4.98 Å². The summed E-state index contributed by atoms with van der Waals surface area (Å²) in [6.45, 7) is 5.08. The fourth-order valence-corrected chi connectivity index (χ4v) is 3.82. The van der Waals surface area contributed by atoms with Crippen molar-refractivity contribution in [2.75, 3.05) is 0 Å². The molecule has 4 nitrogen and oxygen atoms in total. The second-order valence-electron chi connectivity index (χ2n) is 7.37. The monoisotopic (exact) mass is 392 g/mol. The van der Waals surface area contributed by atoms with Gasteiger partial charge in [-0.2, -0.15) is 0 Å². The van der Waals surface area contributed by atoms with Gasteiger partial charge in [0, 0.05) is 17.0 Å². The summed E-state index contributed by atoms with van der Waals surface area (Å²) in [6.07, 6.45) is 2.15. The van der Waals surface area contributed by atoms with Gasteiger partial charge >= 0.3 is 0 Å². The predicted molar refractivity (Wildman–Crippen MR) is 112 cm³/mol. The molecular weight excluding hydrogens is 368 g/mol. The number of ether oxygens (including phenoxy) is 1. The summed E-state index contributed by atoms with van der Waals surface area (Å²) in [7, 11) is 0. The van der Waals surface area contributed by atoms with E-state index in [-0.39, 0.29) is 5.91 Å². The van der Waals surface area contributed by atoms with E-state index in [4.69, 9.17) is 4.74 Å². The molecular formula is C23H24N2O2S. The molecule has 0 spiro atoms. The summed E-state index contributed by atoms with van der Waals surface area (Å²) in [4.78, 5) is 19.6. The minimum Gasteiger partial charge on any atom is -0.486 e. The molecule has 1 aromatic heterocycles.